The lowest BCUT2D eigenvalue weighted by molar-refractivity contribution is -0.135. The zero-order valence-electron chi connectivity index (χ0n) is 15.7. The molecule has 4 aromatic rings. The third-order valence-electron chi connectivity index (χ3n) is 4.54. The minimum Gasteiger partial charge on any atom is -0.503 e. The average Bonchev–Trinajstić information content (AvgIpc) is 3.21. The maximum atomic E-state index is 12.4. The van der Waals surface area contributed by atoms with Crippen LogP contribution < -0.4 is 5.32 Å². The second-order valence-electron chi connectivity index (χ2n) is 6.60. The van der Waals surface area contributed by atoms with Crippen LogP contribution in [0.3, 0.4) is 0 Å². The monoisotopic (exact) mass is 403 g/mol. The Hall–Kier alpha value is -4.20. The molecule has 1 amide bonds. The molecule has 2 aromatic heterocycles. The van der Waals surface area contributed by atoms with Crippen LogP contribution in [0.5, 0.6) is 5.75 Å². The van der Waals surface area contributed by atoms with E-state index < -0.39 is 24.2 Å². The van der Waals surface area contributed by atoms with Crippen molar-refractivity contribution in [3.8, 4) is 17.0 Å². The number of hydrogen-bond donors (Lipinski definition) is 3. The molecule has 0 bridgehead atoms. The molecule has 2 heterocycles. The SMILES string of the molecule is O=C(O)CNC(=O)c1nc(Cc2ccccc2)c2c(-c3ccccc3)noc2c1O. The summed E-state index contributed by atoms with van der Waals surface area (Å²) in [5.41, 5.74) is 2.40. The number of aromatic hydroxyl groups is 1. The minimum absolute atomic E-state index is 0.0234. The van der Waals surface area contributed by atoms with Gasteiger partial charge in [0.15, 0.2) is 11.4 Å². The molecule has 8 heteroatoms. The van der Waals surface area contributed by atoms with Gasteiger partial charge in [0.1, 0.15) is 12.2 Å². The maximum Gasteiger partial charge on any atom is 0.322 e. The number of nitrogens with zero attached hydrogens (tertiary/aromatic N) is 2. The number of rotatable bonds is 6. The third-order valence-corrected chi connectivity index (χ3v) is 4.54. The molecule has 0 radical (unpaired) electrons. The lowest BCUT2D eigenvalue weighted by Crippen LogP contribution is -2.30. The topological polar surface area (TPSA) is 126 Å². The zero-order chi connectivity index (χ0) is 21.1. The second kappa shape index (κ2) is 8.04. The average molecular weight is 403 g/mol. The molecule has 0 aliphatic heterocycles. The quantitative estimate of drug-likeness (QED) is 0.452. The standard InChI is InChI=1S/C22H17N3O5/c26-16(27)12-23-22(29)19-20(28)21-17(15(24-19)11-13-7-3-1-4-8-13)18(25-30-21)14-9-5-2-6-10-14/h1-10,28H,11-12H2,(H,23,29)(H,26,27). The van der Waals surface area contributed by atoms with Crippen LogP contribution in [-0.4, -0.2) is 38.8 Å². The number of carbonyl (C=O) groups is 2. The van der Waals surface area contributed by atoms with Gasteiger partial charge in [0.2, 0.25) is 5.58 Å². The summed E-state index contributed by atoms with van der Waals surface area (Å²) in [6.45, 7) is -0.600. The summed E-state index contributed by atoms with van der Waals surface area (Å²) < 4.78 is 5.39. The van der Waals surface area contributed by atoms with Crippen LogP contribution in [0, 0.1) is 0 Å². The van der Waals surface area contributed by atoms with Gasteiger partial charge in [0.25, 0.3) is 5.91 Å². The molecule has 3 N–H and O–H groups in total. The van der Waals surface area contributed by atoms with Crippen LogP contribution in [0.25, 0.3) is 22.2 Å². The number of pyridine rings is 1. The molecule has 2 aromatic carbocycles. The highest BCUT2D eigenvalue weighted by atomic mass is 16.5. The van der Waals surface area contributed by atoms with Crippen molar-refractivity contribution >= 4 is 22.8 Å². The molecular weight excluding hydrogens is 386 g/mol. The molecule has 0 saturated carbocycles. The number of carboxylic acid groups (broad SMARTS) is 1. The van der Waals surface area contributed by atoms with Crippen LogP contribution in [-0.2, 0) is 11.2 Å². The lowest BCUT2D eigenvalue weighted by Gasteiger charge is -2.09. The first-order chi connectivity index (χ1) is 14.5. The molecule has 0 aliphatic rings. The minimum atomic E-state index is -1.21. The van der Waals surface area contributed by atoms with Crippen molar-refractivity contribution in [1.29, 1.82) is 0 Å². The number of fused-ring (bicyclic) bond motifs is 1. The van der Waals surface area contributed by atoms with E-state index in [1.807, 2.05) is 60.7 Å². The van der Waals surface area contributed by atoms with Crippen LogP contribution in [0.1, 0.15) is 21.7 Å². The van der Waals surface area contributed by atoms with Crippen LogP contribution >= 0.6 is 0 Å². The van der Waals surface area contributed by atoms with Gasteiger partial charge in [-0.2, -0.15) is 0 Å². The Morgan fingerprint density at radius 1 is 1.00 bits per heavy atom. The van der Waals surface area contributed by atoms with E-state index in [0.717, 1.165) is 11.1 Å². The van der Waals surface area contributed by atoms with Crippen molar-refractivity contribution in [2.45, 2.75) is 6.42 Å². The lowest BCUT2D eigenvalue weighted by atomic mass is 10.0. The van der Waals surface area contributed by atoms with Crippen molar-refractivity contribution in [2.75, 3.05) is 6.54 Å². The van der Waals surface area contributed by atoms with Crippen molar-refractivity contribution in [3.63, 3.8) is 0 Å². The van der Waals surface area contributed by atoms with Gasteiger partial charge in [-0.1, -0.05) is 65.8 Å². The summed E-state index contributed by atoms with van der Waals surface area (Å²) >= 11 is 0. The fourth-order valence-electron chi connectivity index (χ4n) is 3.18. The van der Waals surface area contributed by atoms with E-state index in [2.05, 4.69) is 15.5 Å². The molecule has 8 nitrogen and oxygen atoms in total. The Morgan fingerprint density at radius 3 is 2.33 bits per heavy atom. The van der Waals surface area contributed by atoms with Gasteiger partial charge in [0, 0.05) is 12.0 Å². The molecule has 0 unspecified atom stereocenters. The van der Waals surface area contributed by atoms with Gasteiger partial charge in [-0.25, -0.2) is 4.98 Å². The smallest absolute Gasteiger partial charge is 0.322 e. The van der Waals surface area contributed by atoms with Crippen LogP contribution in [0.2, 0.25) is 0 Å². The number of hydrogen-bond acceptors (Lipinski definition) is 6. The molecule has 0 aliphatic carbocycles. The van der Waals surface area contributed by atoms with Gasteiger partial charge in [-0.05, 0) is 5.56 Å². The van der Waals surface area contributed by atoms with Gasteiger partial charge < -0.3 is 20.1 Å². The zero-order valence-corrected chi connectivity index (χ0v) is 15.7. The number of benzene rings is 2. The predicted molar refractivity (Wildman–Crippen MR) is 108 cm³/mol. The number of carbonyl (C=O) groups excluding carboxylic acids is 1. The number of amides is 1. The summed E-state index contributed by atoms with van der Waals surface area (Å²) in [7, 11) is 0. The Balaban J connectivity index is 1.89. The fourth-order valence-corrected chi connectivity index (χ4v) is 3.18. The maximum absolute atomic E-state index is 12.4. The molecule has 4 rings (SSSR count). The molecule has 0 spiro atoms. The van der Waals surface area contributed by atoms with Gasteiger partial charge in [0.05, 0.1) is 11.1 Å². The Morgan fingerprint density at radius 2 is 1.67 bits per heavy atom. The second-order valence-corrected chi connectivity index (χ2v) is 6.60. The third kappa shape index (κ3) is 3.70. The van der Waals surface area contributed by atoms with E-state index >= 15 is 0 Å². The molecule has 0 atom stereocenters. The van der Waals surface area contributed by atoms with Crippen LogP contribution in [0.4, 0.5) is 0 Å². The van der Waals surface area contributed by atoms with E-state index in [9.17, 15) is 14.7 Å². The molecular formula is C22H17N3O5. The van der Waals surface area contributed by atoms with Crippen LogP contribution in [0.15, 0.2) is 65.2 Å². The van der Waals surface area contributed by atoms with E-state index in [0.29, 0.717) is 23.2 Å². The highest BCUT2D eigenvalue weighted by Gasteiger charge is 2.25. The van der Waals surface area contributed by atoms with Gasteiger partial charge in [-0.3, -0.25) is 9.59 Å². The van der Waals surface area contributed by atoms with Crippen molar-refractivity contribution in [2.24, 2.45) is 0 Å². The highest BCUT2D eigenvalue weighted by molar-refractivity contribution is 6.04. The predicted octanol–water partition coefficient (Wildman–Crippen LogP) is 3.00. The van der Waals surface area contributed by atoms with Crippen molar-refractivity contribution < 1.29 is 24.3 Å². The summed E-state index contributed by atoms with van der Waals surface area (Å²) in [5, 5.41) is 26.2. The van der Waals surface area contributed by atoms with Gasteiger partial charge in [-0.15, -0.1) is 0 Å². The molecule has 30 heavy (non-hydrogen) atoms. The van der Waals surface area contributed by atoms with Crippen molar-refractivity contribution in [3.05, 3.63) is 77.6 Å². The Bertz CT molecular complexity index is 1220. The number of nitrogens with one attached hydrogen (secondary N) is 1. The summed E-state index contributed by atoms with van der Waals surface area (Å²) in [4.78, 5) is 27.6. The molecule has 150 valence electrons. The van der Waals surface area contributed by atoms with E-state index in [4.69, 9.17) is 9.63 Å². The molecule has 0 fully saturated rings. The Labute approximate surface area is 170 Å². The van der Waals surface area contributed by atoms with Gasteiger partial charge >= 0.3 is 5.97 Å². The summed E-state index contributed by atoms with van der Waals surface area (Å²) in [5.74, 6) is -2.51. The normalized spacial score (nSPS) is 10.8. The molecule has 0 saturated heterocycles. The number of aliphatic carboxylic acids is 1. The summed E-state index contributed by atoms with van der Waals surface area (Å²) in [6.07, 6.45) is 0.359. The van der Waals surface area contributed by atoms with Crippen molar-refractivity contribution in [1.82, 2.24) is 15.5 Å². The number of aromatic nitrogens is 2. The first-order valence-electron chi connectivity index (χ1n) is 9.15. The largest absolute Gasteiger partial charge is 0.503 e. The summed E-state index contributed by atoms with van der Waals surface area (Å²) in [6, 6.07) is 18.8. The Kier molecular flexibility index (Phi) is 5.13. The number of carboxylic acids is 1. The first kappa shape index (κ1) is 19.1. The van der Waals surface area contributed by atoms with E-state index in [1.165, 1.54) is 0 Å². The fraction of sp³-hybridized carbons (Fsp3) is 0.0909. The highest BCUT2D eigenvalue weighted by Crippen LogP contribution is 2.37. The van der Waals surface area contributed by atoms with E-state index in [1.54, 1.807) is 0 Å². The van der Waals surface area contributed by atoms with E-state index in [-0.39, 0.29) is 11.3 Å². The first-order valence-corrected chi connectivity index (χ1v) is 9.15.